The number of aryl methyl sites for hydroxylation is 1. The second kappa shape index (κ2) is 12.4. The molecule has 1 aliphatic rings. The van der Waals surface area contributed by atoms with Gasteiger partial charge in [-0.05, 0) is 68.1 Å². The van der Waals surface area contributed by atoms with E-state index in [9.17, 15) is 19.8 Å². The number of ether oxygens (including phenoxy) is 3. The highest BCUT2D eigenvalue weighted by molar-refractivity contribution is 6.46. The second-order valence-corrected chi connectivity index (χ2v) is 8.68. The van der Waals surface area contributed by atoms with E-state index in [2.05, 4.69) is 6.92 Å². The molecule has 2 aromatic carbocycles. The number of hydrogen-bond donors (Lipinski definition) is 2. The summed E-state index contributed by atoms with van der Waals surface area (Å²) in [5.74, 6) is -0.826. The lowest BCUT2D eigenvalue weighted by Gasteiger charge is -2.26. The van der Waals surface area contributed by atoms with Crippen LogP contribution in [0.3, 0.4) is 0 Å². The number of rotatable bonds is 12. The number of benzene rings is 2. The molecule has 1 fully saturated rings. The van der Waals surface area contributed by atoms with Crippen LogP contribution in [-0.4, -0.2) is 60.3 Å². The third kappa shape index (κ3) is 5.82. The van der Waals surface area contributed by atoms with E-state index in [1.165, 1.54) is 11.0 Å². The van der Waals surface area contributed by atoms with Crippen molar-refractivity contribution in [2.24, 2.45) is 0 Å². The normalized spacial score (nSPS) is 17.0. The number of Topliss-reactive ketones (excluding diaryl/α,β-unsaturated/α-hetero) is 1. The van der Waals surface area contributed by atoms with Gasteiger partial charge in [0.25, 0.3) is 11.7 Å². The van der Waals surface area contributed by atoms with E-state index in [1.54, 1.807) is 44.4 Å². The van der Waals surface area contributed by atoms with Crippen molar-refractivity contribution in [3.05, 3.63) is 58.7 Å². The first-order valence-electron chi connectivity index (χ1n) is 12.3. The zero-order valence-corrected chi connectivity index (χ0v) is 21.4. The van der Waals surface area contributed by atoms with Crippen molar-refractivity contribution >= 4 is 17.4 Å². The molecule has 194 valence electrons. The number of phenolic OH excluding ortho intramolecular Hbond substituents is 1. The molecular formula is C28H35NO7. The van der Waals surface area contributed by atoms with Gasteiger partial charge in [-0.1, -0.05) is 19.4 Å². The van der Waals surface area contributed by atoms with E-state index >= 15 is 0 Å². The number of likely N-dealkylation sites (tertiary alicyclic amines) is 1. The summed E-state index contributed by atoms with van der Waals surface area (Å²) in [5, 5.41) is 21.5. The number of ketones is 1. The van der Waals surface area contributed by atoms with E-state index in [4.69, 9.17) is 14.2 Å². The van der Waals surface area contributed by atoms with Crippen LogP contribution in [0, 0.1) is 6.92 Å². The maximum absolute atomic E-state index is 13.2. The van der Waals surface area contributed by atoms with Gasteiger partial charge in [-0.25, -0.2) is 0 Å². The molecular weight excluding hydrogens is 462 g/mol. The Morgan fingerprint density at radius 1 is 1.00 bits per heavy atom. The Balaban J connectivity index is 2.08. The highest BCUT2D eigenvalue weighted by Gasteiger charge is 2.46. The van der Waals surface area contributed by atoms with E-state index in [0.29, 0.717) is 43.1 Å². The predicted molar refractivity (Wildman–Crippen MR) is 136 cm³/mol. The fourth-order valence-electron chi connectivity index (χ4n) is 4.25. The Labute approximate surface area is 212 Å². The van der Waals surface area contributed by atoms with Crippen LogP contribution in [0.5, 0.6) is 17.2 Å². The summed E-state index contributed by atoms with van der Waals surface area (Å²) >= 11 is 0. The monoisotopic (exact) mass is 497 g/mol. The average molecular weight is 498 g/mol. The van der Waals surface area contributed by atoms with Crippen LogP contribution in [0.25, 0.3) is 5.76 Å². The molecule has 1 heterocycles. The van der Waals surface area contributed by atoms with Crippen LogP contribution < -0.4 is 9.47 Å². The Hall–Kier alpha value is -3.52. The second-order valence-electron chi connectivity index (χ2n) is 8.68. The van der Waals surface area contributed by atoms with Crippen molar-refractivity contribution in [1.82, 2.24) is 4.90 Å². The lowest BCUT2D eigenvalue weighted by atomic mass is 9.94. The standard InChI is InChI=1S/C28H35NO7/c1-5-7-15-36-22-12-10-20(16-18(22)3)26(31)24-25(19-9-11-21(30)23(17-19)35-6-2)29(13-8-14-34-4)28(33)27(24)32/h9-12,16-17,25,30-31H,5-8,13-15H2,1-4H3/b26-24+. The van der Waals surface area contributed by atoms with Gasteiger partial charge in [0.1, 0.15) is 11.5 Å². The highest BCUT2D eigenvalue weighted by Crippen LogP contribution is 2.42. The summed E-state index contributed by atoms with van der Waals surface area (Å²) < 4.78 is 16.5. The Bertz CT molecular complexity index is 1120. The van der Waals surface area contributed by atoms with E-state index in [-0.39, 0.29) is 29.4 Å². The minimum absolute atomic E-state index is 0.00962. The molecule has 0 bridgehead atoms. The number of nitrogens with zero attached hydrogens (tertiary/aromatic N) is 1. The highest BCUT2D eigenvalue weighted by atomic mass is 16.5. The van der Waals surface area contributed by atoms with Gasteiger partial charge in [-0.2, -0.15) is 0 Å². The average Bonchev–Trinajstić information content (AvgIpc) is 3.11. The molecule has 0 radical (unpaired) electrons. The fourth-order valence-corrected chi connectivity index (χ4v) is 4.25. The lowest BCUT2D eigenvalue weighted by molar-refractivity contribution is -0.140. The van der Waals surface area contributed by atoms with Crippen molar-refractivity contribution in [3.8, 4) is 17.2 Å². The zero-order valence-electron chi connectivity index (χ0n) is 21.4. The number of carbonyl (C=O) groups excluding carboxylic acids is 2. The topological polar surface area (TPSA) is 106 Å². The predicted octanol–water partition coefficient (Wildman–Crippen LogP) is 4.74. The summed E-state index contributed by atoms with van der Waals surface area (Å²) in [6.45, 7) is 7.34. The first-order valence-corrected chi connectivity index (χ1v) is 12.3. The van der Waals surface area contributed by atoms with Crippen LogP contribution in [0.4, 0.5) is 0 Å². The maximum atomic E-state index is 13.2. The quantitative estimate of drug-likeness (QED) is 0.189. The summed E-state index contributed by atoms with van der Waals surface area (Å²) in [5.41, 5.74) is 1.76. The molecule has 36 heavy (non-hydrogen) atoms. The third-order valence-corrected chi connectivity index (χ3v) is 6.09. The molecule has 1 unspecified atom stereocenters. The molecule has 3 rings (SSSR count). The largest absolute Gasteiger partial charge is 0.507 e. The van der Waals surface area contributed by atoms with Gasteiger partial charge < -0.3 is 29.3 Å². The summed E-state index contributed by atoms with van der Waals surface area (Å²) in [6, 6.07) is 9.03. The number of aromatic hydroxyl groups is 1. The number of amides is 1. The molecule has 8 nitrogen and oxygen atoms in total. The van der Waals surface area contributed by atoms with Crippen LogP contribution in [0.15, 0.2) is 42.0 Å². The molecule has 1 aliphatic heterocycles. The Morgan fingerprint density at radius 2 is 1.78 bits per heavy atom. The van der Waals surface area contributed by atoms with Crippen LogP contribution in [-0.2, 0) is 14.3 Å². The van der Waals surface area contributed by atoms with Gasteiger partial charge in [0, 0.05) is 25.8 Å². The molecule has 2 N–H and O–H groups in total. The minimum Gasteiger partial charge on any atom is -0.507 e. The number of aliphatic hydroxyl groups is 1. The van der Waals surface area contributed by atoms with Gasteiger partial charge in [0.2, 0.25) is 0 Å². The number of unbranched alkanes of at least 4 members (excludes halogenated alkanes) is 1. The van der Waals surface area contributed by atoms with Gasteiger partial charge in [0.15, 0.2) is 11.5 Å². The Kier molecular flexibility index (Phi) is 9.36. The van der Waals surface area contributed by atoms with Gasteiger partial charge in [-0.3, -0.25) is 9.59 Å². The summed E-state index contributed by atoms with van der Waals surface area (Å²) in [7, 11) is 1.57. The van der Waals surface area contributed by atoms with E-state index in [0.717, 1.165) is 18.4 Å². The zero-order chi connectivity index (χ0) is 26.2. The van der Waals surface area contributed by atoms with Crippen molar-refractivity contribution in [3.63, 3.8) is 0 Å². The fraction of sp³-hybridized carbons (Fsp3) is 0.429. The maximum Gasteiger partial charge on any atom is 0.295 e. The third-order valence-electron chi connectivity index (χ3n) is 6.09. The number of hydrogen-bond acceptors (Lipinski definition) is 7. The number of carbonyl (C=O) groups is 2. The molecule has 0 aromatic heterocycles. The van der Waals surface area contributed by atoms with E-state index in [1.807, 2.05) is 6.92 Å². The molecule has 0 aliphatic carbocycles. The smallest absolute Gasteiger partial charge is 0.295 e. The molecule has 8 heteroatoms. The van der Waals surface area contributed by atoms with Crippen molar-refractivity contribution in [1.29, 1.82) is 0 Å². The number of aliphatic hydroxyl groups excluding tert-OH is 1. The lowest BCUT2D eigenvalue weighted by Crippen LogP contribution is -2.31. The molecule has 0 saturated carbocycles. The van der Waals surface area contributed by atoms with E-state index < -0.39 is 17.7 Å². The summed E-state index contributed by atoms with van der Waals surface area (Å²) in [6.07, 6.45) is 2.47. The van der Waals surface area contributed by atoms with Gasteiger partial charge in [-0.15, -0.1) is 0 Å². The van der Waals surface area contributed by atoms with Gasteiger partial charge >= 0.3 is 0 Å². The SMILES string of the molecule is CCCCOc1ccc(/C(O)=C2\C(=O)C(=O)N(CCCOC)C2c2ccc(O)c(OCC)c2)cc1C. The molecule has 2 aromatic rings. The van der Waals surface area contributed by atoms with Crippen LogP contribution in [0.1, 0.15) is 55.8 Å². The molecule has 1 amide bonds. The van der Waals surface area contributed by atoms with Gasteiger partial charge in [0.05, 0.1) is 24.8 Å². The van der Waals surface area contributed by atoms with Crippen LogP contribution >= 0.6 is 0 Å². The molecule has 0 spiro atoms. The first kappa shape index (κ1) is 27.1. The molecule has 1 saturated heterocycles. The number of phenols is 1. The number of methoxy groups -OCH3 is 1. The molecule has 1 atom stereocenters. The van der Waals surface area contributed by atoms with Crippen molar-refractivity contribution < 1.29 is 34.0 Å². The van der Waals surface area contributed by atoms with Crippen molar-refractivity contribution in [2.75, 3.05) is 33.5 Å². The minimum atomic E-state index is -0.845. The van der Waals surface area contributed by atoms with Crippen molar-refractivity contribution in [2.45, 2.75) is 46.1 Å². The van der Waals surface area contributed by atoms with Crippen LogP contribution in [0.2, 0.25) is 0 Å². The first-order chi connectivity index (χ1) is 17.3. The Morgan fingerprint density at radius 3 is 2.44 bits per heavy atom. The summed E-state index contributed by atoms with van der Waals surface area (Å²) in [4.78, 5) is 27.7.